The SMILES string of the molecule is NC(=O)[C@H]1CCCN1c1ccc(OCc2cccnc2)cc1. The van der Waals surface area contributed by atoms with Gasteiger partial charge in [0.05, 0.1) is 0 Å². The fraction of sp³-hybridized carbons (Fsp3) is 0.294. The van der Waals surface area contributed by atoms with Gasteiger partial charge in [-0.15, -0.1) is 0 Å². The Labute approximate surface area is 129 Å². The molecule has 5 nitrogen and oxygen atoms in total. The summed E-state index contributed by atoms with van der Waals surface area (Å²) in [6, 6.07) is 11.5. The number of hydrogen-bond donors (Lipinski definition) is 1. The lowest BCUT2D eigenvalue weighted by Gasteiger charge is -2.24. The smallest absolute Gasteiger partial charge is 0.240 e. The van der Waals surface area contributed by atoms with E-state index in [0.29, 0.717) is 6.61 Å². The molecule has 1 saturated heterocycles. The summed E-state index contributed by atoms with van der Waals surface area (Å²) < 4.78 is 5.73. The highest BCUT2D eigenvalue weighted by Crippen LogP contribution is 2.27. The Morgan fingerprint density at radius 2 is 2.14 bits per heavy atom. The highest BCUT2D eigenvalue weighted by atomic mass is 16.5. The molecule has 2 N–H and O–H groups in total. The van der Waals surface area contributed by atoms with E-state index in [1.807, 2.05) is 36.4 Å². The van der Waals surface area contributed by atoms with Gasteiger partial charge >= 0.3 is 0 Å². The van der Waals surface area contributed by atoms with Crippen molar-refractivity contribution in [3.8, 4) is 5.75 Å². The van der Waals surface area contributed by atoms with E-state index in [4.69, 9.17) is 10.5 Å². The molecular weight excluding hydrogens is 278 g/mol. The van der Waals surface area contributed by atoms with Crippen molar-refractivity contribution in [1.29, 1.82) is 0 Å². The number of primary amides is 1. The largest absolute Gasteiger partial charge is 0.489 e. The van der Waals surface area contributed by atoms with Crippen molar-refractivity contribution in [3.63, 3.8) is 0 Å². The number of nitrogens with zero attached hydrogens (tertiary/aromatic N) is 2. The van der Waals surface area contributed by atoms with Crippen molar-refractivity contribution >= 4 is 11.6 Å². The summed E-state index contributed by atoms with van der Waals surface area (Å²) >= 11 is 0. The van der Waals surface area contributed by atoms with Crippen LogP contribution >= 0.6 is 0 Å². The van der Waals surface area contributed by atoms with Crippen molar-refractivity contribution in [1.82, 2.24) is 4.98 Å². The molecule has 1 aliphatic heterocycles. The van der Waals surface area contributed by atoms with Crippen LogP contribution in [0.25, 0.3) is 0 Å². The second-order valence-electron chi connectivity index (χ2n) is 5.40. The molecule has 3 rings (SSSR count). The Hall–Kier alpha value is -2.56. The van der Waals surface area contributed by atoms with Gasteiger partial charge in [-0.1, -0.05) is 6.07 Å². The quantitative estimate of drug-likeness (QED) is 0.918. The zero-order valence-corrected chi connectivity index (χ0v) is 12.3. The van der Waals surface area contributed by atoms with E-state index in [9.17, 15) is 4.79 Å². The van der Waals surface area contributed by atoms with E-state index in [0.717, 1.165) is 36.4 Å². The van der Waals surface area contributed by atoms with Gasteiger partial charge in [-0.3, -0.25) is 9.78 Å². The molecule has 0 spiro atoms. The molecule has 0 bridgehead atoms. The van der Waals surface area contributed by atoms with Crippen LogP contribution in [0.4, 0.5) is 5.69 Å². The van der Waals surface area contributed by atoms with E-state index in [1.54, 1.807) is 12.4 Å². The average Bonchev–Trinajstić information content (AvgIpc) is 3.04. The fourth-order valence-corrected chi connectivity index (χ4v) is 2.76. The third-order valence-electron chi connectivity index (χ3n) is 3.88. The maximum absolute atomic E-state index is 11.5. The number of amides is 1. The van der Waals surface area contributed by atoms with Crippen molar-refractivity contribution < 1.29 is 9.53 Å². The van der Waals surface area contributed by atoms with Crippen LogP contribution in [0.3, 0.4) is 0 Å². The third kappa shape index (κ3) is 3.19. The normalized spacial score (nSPS) is 17.5. The number of aromatic nitrogens is 1. The van der Waals surface area contributed by atoms with Crippen LogP contribution in [0.1, 0.15) is 18.4 Å². The zero-order chi connectivity index (χ0) is 15.4. The molecule has 22 heavy (non-hydrogen) atoms. The molecule has 5 heteroatoms. The van der Waals surface area contributed by atoms with E-state index < -0.39 is 0 Å². The second kappa shape index (κ2) is 6.47. The first-order valence-electron chi connectivity index (χ1n) is 7.42. The van der Waals surface area contributed by atoms with Crippen LogP contribution < -0.4 is 15.4 Å². The summed E-state index contributed by atoms with van der Waals surface area (Å²) in [7, 11) is 0. The van der Waals surface area contributed by atoms with Crippen LogP contribution in [0.5, 0.6) is 5.75 Å². The van der Waals surface area contributed by atoms with Crippen LogP contribution in [-0.2, 0) is 11.4 Å². The van der Waals surface area contributed by atoms with E-state index >= 15 is 0 Å². The number of anilines is 1. The van der Waals surface area contributed by atoms with Gasteiger partial charge in [0.2, 0.25) is 5.91 Å². The molecule has 0 radical (unpaired) electrons. The van der Waals surface area contributed by atoms with Gasteiger partial charge in [0, 0.05) is 30.2 Å². The molecule has 1 amide bonds. The number of carbonyl (C=O) groups excluding carboxylic acids is 1. The summed E-state index contributed by atoms with van der Waals surface area (Å²) in [4.78, 5) is 17.6. The molecule has 1 atom stereocenters. The molecule has 1 aromatic carbocycles. The lowest BCUT2D eigenvalue weighted by Crippen LogP contribution is -2.40. The van der Waals surface area contributed by atoms with Crippen LogP contribution in [-0.4, -0.2) is 23.5 Å². The highest BCUT2D eigenvalue weighted by Gasteiger charge is 2.28. The van der Waals surface area contributed by atoms with Crippen molar-refractivity contribution in [2.75, 3.05) is 11.4 Å². The Morgan fingerprint density at radius 1 is 1.32 bits per heavy atom. The molecule has 2 heterocycles. The van der Waals surface area contributed by atoms with Crippen molar-refractivity contribution in [3.05, 3.63) is 54.4 Å². The molecule has 0 unspecified atom stereocenters. The molecule has 2 aromatic rings. The summed E-state index contributed by atoms with van der Waals surface area (Å²) in [5.74, 6) is 0.539. The number of carbonyl (C=O) groups is 1. The molecule has 1 aromatic heterocycles. The number of rotatable bonds is 5. The molecule has 1 aliphatic rings. The number of nitrogens with two attached hydrogens (primary N) is 1. The Bertz CT molecular complexity index is 628. The minimum Gasteiger partial charge on any atom is -0.489 e. The number of ether oxygens (including phenoxy) is 1. The molecule has 0 aliphatic carbocycles. The van der Waals surface area contributed by atoms with Crippen molar-refractivity contribution in [2.45, 2.75) is 25.5 Å². The summed E-state index contributed by atoms with van der Waals surface area (Å²) in [6.45, 7) is 1.35. The Morgan fingerprint density at radius 3 is 2.82 bits per heavy atom. The van der Waals surface area contributed by atoms with E-state index in [-0.39, 0.29) is 11.9 Å². The first-order valence-corrected chi connectivity index (χ1v) is 7.42. The van der Waals surface area contributed by atoms with Crippen molar-refractivity contribution in [2.24, 2.45) is 5.73 Å². The van der Waals surface area contributed by atoms with Gasteiger partial charge in [0.1, 0.15) is 18.4 Å². The lowest BCUT2D eigenvalue weighted by molar-refractivity contribution is -0.119. The summed E-state index contributed by atoms with van der Waals surface area (Å²) in [5.41, 5.74) is 7.49. The standard InChI is InChI=1S/C17H19N3O2/c18-17(21)16-4-2-10-20(16)14-5-7-15(8-6-14)22-12-13-3-1-9-19-11-13/h1,3,5-9,11,16H,2,4,10,12H2,(H2,18,21)/t16-/m1/s1. The van der Waals surface area contributed by atoms with E-state index in [1.165, 1.54) is 0 Å². The molecular formula is C17H19N3O2. The lowest BCUT2D eigenvalue weighted by atomic mass is 10.2. The third-order valence-corrected chi connectivity index (χ3v) is 3.88. The monoisotopic (exact) mass is 297 g/mol. The predicted octanol–water partition coefficient (Wildman–Crippen LogP) is 2.11. The summed E-state index contributed by atoms with van der Waals surface area (Å²) in [6.07, 6.45) is 5.35. The van der Waals surface area contributed by atoms with Crippen LogP contribution in [0.15, 0.2) is 48.8 Å². The van der Waals surface area contributed by atoms with Crippen LogP contribution in [0.2, 0.25) is 0 Å². The van der Waals surface area contributed by atoms with Crippen LogP contribution in [0, 0.1) is 0 Å². The molecule has 1 fully saturated rings. The highest BCUT2D eigenvalue weighted by molar-refractivity contribution is 5.84. The topological polar surface area (TPSA) is 68.5 Å². The van der Waals surface area contributed by atoms with E-state index in [2.05, 4.69) is 9.88 Å². The van der Waals surface area contributed by atoms with Gasteiger partial charge in [-0.05, 0) is 43.2 Å². The first-order chi connectivity index (χ1) is 10.7. The number of pyridine rings is 1. The maximum Gasteiger partial charge on any atom is 0.240 e. The Balaban J connectivity index is 1.64. The first kappa shape index (κ1) is 14.4. The molecule has 114 valence electrons. The zero-order valence-electron chi connectivity index (χ0n) is 12.3. The second-order valence-corrected chi connectivity index (χ2v) is 5.40. The van der Waals surface area contributed by atoms with Gasteiger partial charge in [0.15, 0.2) is 0 Å². The summed E-state index contributed by atoms with van der Waals surface area (Å²) in [5, 5.41) is 0. The maximum atomic E-state index is 11.5. The van der Waals surface area contributed by atoms with Gasteiger partial charge < -0.3 is 15.4 Å². The van der Waals surface area contributed by atoms with Gasteiger partial charge in [-0.25, -0.2) is 0 Å². The minimum atomic E-state index is -0.255. The number of hydrogen-bond acceptors (Lipinski definition) is 4. The average molecular weight is 297 g/mol. The fourth-order valence-electron chi connectivity index (χ4n) is 2.76. The predicted molar refractivity (Wildman–Crippen MR) is 84.6 cm³/mol. The molecule has 0 saturated carbocycles. The van der Waals surface area contributed by atoms with Gasteiger partial charge in [-0.2, -0.15) is 0 Å². The minimum absolute atomic E-state index is 0.192. The van der Waals surface area contributed by atoms with Gasteiger partial charge in [0.25, 0.3) is 0 Å². The number of benzene rings is 1. The Kier molecular flexibility index (Phi) is 4.23.